The minimum absolute atomic E-state index is 0.00768. The summed E-state index contributed by atoms with van der Waals surface area (Å²) in [5.41, 5.74) is 1.03. The lowest BCUT2D eigenvalue weighted by Gasteiger charge is -2.21. The number of hydrogen-bond donors (Lipinski definition) is 2. The third kappa shape index (κ3) is 6.62. The van der Waals surface area contributed by atoms with E-state index in [0.29, 0.717) is 12.8 Å². The van der Waals surface area contributed by atoms with Gasteiger partial charge in [-0.2, -0.15) is 11.8 Å². The molecular formula is C17H26N2O3S. The molecule has 0 spiro atoms. The van der Waals surface area contributed by atoms with Gasteiger partial charge in [0.2, 0.25) is 5.91 Å². The number of likely N-dealkylation sites (N-methyl/N-ethyl adjacent to an activating group) is 1. The first-order valence-electron chi connectivity index (χ1n) is 7.61. The predicted octanol–water partition coefficient (Wildman–Crippen LogP) is 1.65. The van der Waals surface area contributed by atoms with Gasteiger partial charge in [0.15, 0.2) is 5.78 Å². The summed E-state index contributed by atoms with van der Waals surface area (Å²) in [5, 5.41) is 5.88. The highest BCUT2D eigenvalue weighted by Crippen LogP contribution is 2.13. The van der Waals surface area contributed by atoms with Crippen LogP contribution in [0, 0.1) is 0 Å². The number of nitrogens with one attached hydrogen (secondary N) is 2. The number of ether oxygens (including phenoxy) is 1. The van der Waals surface area contributed by atoms with Crippen molar-refractivity contribution in [3.05, 3.63) is 29.8 Å². The molecule has 0 aromatic heterocycles. The van der Waals surface area contributed by atoms with Gasteiger partial charge in [0.25, 0.3) is 0 Å². The zero-order chi connectivity index (χ0) is 17.2. The summed E-state index contributed by atoms with van der Waals surface area (Å²) in [6, 6.07) is 6.83. The molecule has 2 N–H and O–H groups in total. The molecule has 1 amide bonds. The van der Waals surface area contributed by atoms with Crippen LogP contribution in [0.4, 0.5) is 0 Å². The number of Topliss-reactive ketones (excluding diaryl/α,β-unsaturated/α-hetero) is 1. The first-order chi connectivity index (χ1) is 11.0. The fourth-order valence-corrected chi connectivity index (χ4v) is 2.68. The summed E-state index contributed by atoms with van der Waals surface area (Å²) >= 11 is 1.66. The molecule has 0 radical (unpaired) electrons. The van der Waals surface area contributed by atoms with E-state index in [1.807, 2.05) is 30.5 Å². The van der Waals surface area contributed by atoms with Gasteiger partial charge >= 0.3 is 0 Å². The van der Waals surface area contributed by atoms with Crippen molar-refractivity contribution in [1.29, 1.82) is 0 Å². The van der Waals surface area contributed by atoms with E-state index in [9.17, 15) is 9.59 Å². The molecule has 0 heterocycles. The molecule has 0 saturated heterocycles. The Labute approximate surface area is 142 Å². The Kier molecular flexibility index (Phi) is 8.73. The molecule has 1 aromatic carbocycles. The van der Waals surface area contributed by atoms with Crippen LogP contribution in [-0.2, 0) is 16.0 Å². The van der Waals surface area contributed by atoms with E-state index < -0.39 is 6.04 Å². The van der Waals surface area contributed by atoms with Crippen LogP contribution in [0.2, 0.25) is 0 Å². The largest absolute Gasteiger partial charge is 0.497 e. The number of thioether (sulfide) groups is 1. The Morgan fingerprint density at radius 3 is 2.35 bits per heavy atom. The molecule has 0 aliphatic carbocycles. The van der Waals surface area contributed by atoms with Crippen LogP contribution in [0.1, 0.15) is 18.9 Å². The average Bonchev–Trinajstić information content (AvgIpc) is 2.56. The number of rotatable bonds is 10. The summed E-state index contributed by atoms with van der Waals surface area (Å²) in [4.78, 5) is 24.1. The van der Waals surface area contributed by atoms with Crippen LogP contribution in [0.3, 0.4) is 0 Å². The van der Waals surface area contributed by atoms with Gasteiger partial charge < -0.3 is 15.4 Å². The standard InChI is InChI=1S/C17H26N2O3S/c1-12(20)15(9-10-23-4)19-17(21)16(18-2)11-13-5-7-14(22-3)8-6-13/h5-8,15-16,18H,9-11H2,1-4H3,(H,19,21)/t15-,16-/m0/s1. The summed E-state index contributed by atoms with van der Waals surface area (Å²) in [7, 11) is 3.37. The lowest BCUT2D eigenvalue weighted by atomic mass is 10.0. The molecule has 0 aliphatic rings. The highest BCUT2D eigenvalue weighted by molar-refractivity contribution is 7.98. The van der Waals surface area contributed by atoms with Crippen LogP contribution in [0.25, 0.3) is 0 Å². The maximum atomic E-state index is 12.4. The molecule has 0 fully saturated rings. The molecular weight excluding hydrogens is 312 g/mol. The summed E-state index contributed by atoms with van der Waals surface area (Å²) in [6.45, 7) is 1.52. The first-order valence-corrected chi connectivity index (χ1v) is 9.01. The molecule has 1 aromatic rings. The molecule has 0 bridgehead atoms. The number of methoxy groups -OCH3 is 1. The second-order valence-electron chi connectivity index (χ2n) is 5.35. The summed E-state index contributed by atoms with van der Waals surface area (Å²) in [6.07, 6.45) is 3.19. The number of carbonyl (C=O) groups is 2. The fourth-order valence-electron chi connectivity index (χ4n) is 2.21. The Morgan fingerprint density at radius 1 is 1.22 bits per heavy atom. The van der Waals surface area contributed by atoms with Crippen LogP contribution in [0.15, 0.2) is 24.3 Å². The van der Waals surface area contributed by atoms with Gasteiger partial charge in [0.1, 0.15) is 5.75 Å². The molecule has 0 saturated carbocycles. The van der Waals surface area contributed by atoms with Crippen molar-refractivity contribution >= 4 is 23.5 Å². The molecule has 6 heteroatoms. The van der Waals surface area contributed by atoms with Crippen molar-refractivity contribution in [2.24, 2.45) is 0 Å². The Bertz CT molecular complexity index is 505. The minimum Gasteiger partial charge on any atom is -0.497 e. The average molecular weight is 338 g/mol. The SMILES string of the molecule is CN[C@@H](Cc1ccc(OC)cc1)C(=O)N[C@@H](CCSC)C(C)=O. The predicted molar refractivity (Wildman–Crippen MR) is 95.2 cm³/mol. The quantitative estimate of drug-likeness (QED) is 0.679. The van der Waals surface area contributed by atoms with Crippen molar-refractivity contribution in [1.82, 2.24) is 10.6 Å². The van der Waals surface area contributed by atoms with Crippen molar-refractivity contribution in [3.63, 3.8) is 0 Å². The highest BCUT2D eigenvalue weighted by atomic mass is 32.2. The zero-order valence-corrected chi connectivity index (χ0v) is 15.0. The number of benzene rings is 1. The smallest absolute Gasteiger partial charge is 0.238 e. The van der Waals surface area contributed by atoms with E-state index in [-0.39, 0.29) is 17.7 Å². The topological polar surface area (TPSA) is 67.4 Å². The minimum atomic E-state index is -0.415. The number of ketones is 1. The van der Waals surface area contributed by atoms with Crippen LogP contribution in [0.5, 0.6) is 5.75 Å². The van der Waals surface area contributed by atoms with E-state index in [1.165, 1.54) is 6.92 Å². The van der Waals surface area contributed by atoms with Crippen molar-refractivity contribution < 1.29 is 14.3 Å². The molecule has 23 heavy (non-hydrogen) atoms. The van der Waals surface area contributed by atoms with Gasteiger partial charge in [-0.25, -0.2) is 0 Å². The molecule has 128 valence electrons. The lowest BCUT2D eigenvalue weighted by Crippen LogP contribution is -2.50. The second kappa shape index (κ2) is 10.3. The molecule has 0 unspecified atom stereocenters. The Balaban J connectivity index is 2.67. The molecule has 2 atom stereocenters. The van der Waals surface area contributed by atoms with Crippen LogP contribution in [-0.4, -0.2) is 49.9 Å². The summed E-state index contributed by atoms with van der Waals surface area (Å²) < 4.78 is 5.13. The number of carbonyl (C=O) groups excluding carboxylic acids is 2. The maximum Gasteiger partial charge on any atom is 0.238 e. The number of amides is 1. The fraction of sp³-hybridized carbons (Fsp3) is 0.529. The van der Waals surface area contributed by atoms with Crippen molar-refractivity contribution in [2.75, 3.05) is 26.2 Å². The van der Waals surface area contributed by atoms with Gasteiger partial charge in [-0.1, -0.05) is 12.1 Å². The monoisotopic (exact) mass is 338 g/mol. The molecule has 5 nitrogen and oxygen atoms in total. The van der Waals surface area contributed by atoms with Crippen molar-refractivity contribution in [2.45, 2.75) is 31.8 Å². The third-order valence-electron chi connectivity index (χ3n) is 3.68. The lowest BCUT2D eigenvalue weighted by molar-refractivity contribution is -0.128. The Morgan fingerprint density at radius 2 is 1.87 bits per heavy atom. The Hall–Kier alpha value is -1.53. The molecule has 0 aliphatic heterocycles. The van der Waals surface area contributed by atoms with Gasteiger partial charge in [0.05, 0.1) is 19.2 Å². The van der Waals surface area contributed by atoms with E-state index in [0.717, 1.165) is 17.1 Å². The van der Waals surface area contributed by atoms with E-state index in [4.69, 9.17) is 4.74 Å². The van der Waals surface area contributed by atoms with Gasteiger partial charge in [0, 0.05) is 0 Å². The first kappa shape index (κ1) is 19.5. The van der Waals surface area contributed by atoms with Crippen LogP contribution < -0.4 is 15.4 Å². The van der Waals surface area contributed by atoms with E-state index in [1.54, 1.807) is 25.9 Å². The molecule has 1 rings (SSSR count). The maximum absolute atomic E-state index is 12.4. The zero-order valence-electron chi connectivity index (χ0n) is 14.2. The van der Waals surface area contributed by atoms with Crippen LogP contribution >= 0.6 is 11.8 Å². The van der Waals surface area contributed by atoms with E-state index in [2.05, 4.69) is 10.6 Å². The third-order valence-corrected chi connectivity index (χ3v) is 4.33. The highest BCUT2D eigenvalue weighted by Gasteiger charge is 2.22. The van der Waals surface area contributed by atoms with E-state index >= 15 is 0 Å². The van der Waals surface area contributed by atoms with Gasteiger partial charge in [-0.05, 0) is 56.5 Å². The van der Waals surface area contributed by atoms with Crippen molar-refractivity contribution in [3.8, 4) is 5.75 Å². The second-order valence-corrected chi connectivity index (χ2v) is 6.33. The summed E-state index contributed by atoms with van der Waals surface area (Å²) in [5.74, 6) is 1.47. The normalized spacial score (nSPS) is 13.2. The van der Waals surface area contributed by atoms with Gasteiger partial charge in [-0.3, -0.25) is 9.59 Å². The number of hydrogen-bond acceptors (Lipinski definition) is 5. The van der Waals surface area contributed by atoms with Gasteiger partial charge in [-0.15, -0.1) is 0 Å².